The van der Waals surface area contributed by atoms with Crippen LogP contribution in [0.15, 0.2) is 36.0 Å². The number of rotatable bonds is 8. The van der Waals surface area contributed by atoms with E-state index in [-0.39, 0.29) is 17.9 Å². The molecule has 2 aliphatic rings. The van der Waals surface area contributed by atoms with Gasteiger partial charge in [-0.3, -0.25) is 14.6 Å². The molecule has 1 aromatic carbocycles. The van der Waals surface area contributed by atoms with Crippen LogP contribution in [0, 0.1) is 6.92 Å². The highest BCUT2D eigenvalue weighted by Crippen LogP contribution is 2.29. The Bertz CT molecular complexity index is 1230. The number of aliphatic hydroxyl groups excluding tert-OH is 1. The summed E-state index contributed by atoms with van der Waals surface area (Å²) < 4.78 is 0. The molecule has 2 aliphatic heterocycles. The number of piperidine rings is 1. The maximum Gasteiger partial charge on any atom is 0.265 e. The van der Waals surface area contributed by atoms with Crippen LogP contribution in [-0.2, 0) is 11.3 Å². The summed E-state index contributed by atoms with van der Waals surface area (Å²) in [6, 6.07) is 8.36. The summed E-state index contributed by atoms with van der Waals surface area (Å²) >= 11 is 1.34. The largest absolute Gasteiger partial charge is 0.391 e. The molecular formula is C27H33N5O3S. The molecule has 0 bridgehead atoms. The van der Waals surface area contributed by atoms with Gasteiger partial charge in [-0.05, 0) is 50.3 Å². The van der Waals surface area contributed by atoms with Crippen LogP contribution in [0.25, 0.3) is 10.9 Å². The summed E-state index contributed by atoms with van der Waals surface area (Å²) in [6.07, 6.45) is 5.19. The van der Waals surface area contributed by atoms with Gasteiger partial charge in [-0.2, -0.15) is 0 Å². The average molecular weight is 508 g/mol. The first-order valence-corrected chi connectivity index (χ1v) is 13.6. The molecule has 1 atom stereocenters. The lowest BCUT2D eigenvalue weighted by Gasteiger charge is -2.33. The summed E-state index contributed by atoms with van der Waals surface area (Å²) in [5, 5.41) is 11.4. The number of benzene rings is 1. The van der Waals surface area contributed by atoms with E-state index >= 15 is 0 Å². The van der Waals surface area contributed by atoms with E-state index in [1.165, 1.54) is 11.3 Å². The van der Waals surface area contributed by atoms with Crippen molar-refractivity contribution in [3.63, 3.8) is 0 Å². The molecular weight excluding hydrogens is 474 g/mol. The SMILES string of the molecule is Cc1ccc2cc(CN(CCCN3CCCC3=O)C(=O)c3cncs3)c(N3CCCC(O)C3)nc2c1. The predicted octanol–water partition coefficient (Wildman–Crippen LogP) is 3.62. The van der Waals surface area contributed by atoms with Gasteiger partial charge in [0.25, 0.3) is 5.91 Å². The minimum atomic E-state index is -0.380. The van der Waals surface area contributed by atoms with Crippen LogP contribution >= 0.6 is 11.3 Å². The summed E-state index contributed by atoms with van der Waals surface area (Å²) in [4.78, 5) is 41.2. The maximum atomic E-state index is 13.5. The second kappa shape index (κ2) is 10.9. The number of carbonyl (C=O) groups excluding carboxylic acids is 2. The molecule has 190 valence electrons. The molecule has 3 aromatic rings. The highest BCUT2D eigenvalue weighted by atomic mass is 32.1. The fraction of sp³-hybridized carbons (Fsp3) is 0.481. The smallest absolute Gasteiger partial charge is 0.265 e. The zero-order valence-corrected chi connectivity index (χ0v) is 21.5. The first kappa shape index (κ1) is 24.6. The molecule has 0 saturated carbocycles. The first-order valence-electron chi connectivity index (χ1n) is 12.8. The minimum Gasteiger partial charge on any atom is -0.391 e. The van der Waals surface area contributed by atoms with Crippen molar-refractivity contribution in [2.75, 3.05) is 37.6 Å². The fourth-order valence-electron chi connectivity index (χ4n) is 5.18. The summed E-state index contributed by atoms with van der Waals surface area (Å²) in [7, 11) is 0. The molecule has 5 rings (SSSR count). The Morgan fingerprint density at radius 3 is 2.89 bits per heavy atom. The lowest BCUT2D eigenvalue weighted by Crippen LogP contribution is -2.40. The van der Waals surface area contributed by atoms with Gasteiger partial charge in [-0.15, -0.1) is 11.3 Å². The Morgan fingerprint density at radius 1 is 1.25 bits per heavy atom. The molecule has 0 radical (unpaired) electrons. The Hall–Kier alpha value is -3.04. The Morgan fingerprint density at radius 2 is 2.14 bits per heavy atom. The van der Waals surface area contributed by atoms with Gasteiger partial charge in [0.15, 0.2) is 0 Å². The van der Waals surface area contributed by atoms with Gasteiger partial charge in [0, 0.05) is 56.6 Å². The highest BCUT2D eigenvalue weighted by Gasteiger charge is 2.26. The van der Waals surface area contributed by atoms with Crippen LogP contribution < -0.4 is 4.90 Å². The van der Waals surface area contributed by atoms with Crippen LogP contribution in [0.2, 0.25) is 0 Å². The van der Waals surface area contributed by atoms with E-state index in [9.17, 15) is 14.7 Å². The standard InChI is InChI=1S/C27H33N5O3S/c1-19-7-8-20-14-21(26(29-23(20)13-19)31-10-2-5-22(33)17-31)16-32(27(35)24-15-28-18-36-24)12-4-11-30-9-3-6-25(30)34/h7-8,13-15,18,22,33H,2-6,9-12,16-17H2,1H3. The number of aryl methyl sites for hydroxylation is 1. The molecule has 1 N–H and O–H groups in total. The third kappa shape index (κ3) is 5.52. The summed E-state index contributed by atoms with van der Waals surface area (Å²) in [5.74, 6) is 0.984. The quantitative estimate of drug-likeness (QED) is 0.501. The number of fused-ring (bicyclic) bond motifs is 1. The second-order valence-corrected chi connectivity index (χ2v) is 10.7. The van der Waals surface area contributed by atoms with Crippen LogP contribution in [0.4, 0.5) is 5.82 Å². The molecule has 4 heterocycles. The maximum absolute atomic E-state index is 13.5. The number of aromatic nitrogens is 2. The molecule has 36 heavy (non-hydrogen) atoms. The van der Waals surface area contributed by atoms with Gasteiger partial charge < -0.3 is 19.8 Å². The van der Waals surface area contributed by atoms with E-state index in [1.807, 2.05) is 9.80 Å². The van der Waals surface area contributed by atoms with Crippen molar-refractivity contribution in [3.8, 4) is 0 Å². The van der Waals surface area contributed by atoms with Gasteiger partial charge in [0.05, 0.1) is 23.3 Å². The van der Waals surface area contributed by atoms with E-state index < -0.39 is 0 Å². The minimum absolute atomic E-state index is 0.0566. The van der Waals surface area contributed by atoms with Crippen molar-refractivity contribution < 1.29 is 14.7 Å². The molecule has 0 aliphatic carbocycles. The monoisotopic (exact) mass is 507 g/mol. The van der Waals surface area contributed by atoms with E-state index in [0.717, 1.165) is 60.2 Å². The molecule has 1 unspecified atom stereocenters. The van der Waals surface area contributed by atoms with Crippen molar-refractivity contribution >= 4 is 39.9 Å². The molecule has 0 spiro atoms. The van der Waals surface area contributed by atoms with Gasteiger partial charge >= 0.3 is 0 Å². The van der Waals surface area contributed by atoms with E-state index in [0.29, 0.717) is 43.9 Å². The molecule has 2 amide bonds. The zero-order valence-electron chi connectivity index (χ0n) is 20.7. The van der Waals surface area contributed by atoms with E-state index in [2.05, 4.69) is 41.1 Å². The zero-order chi connectivity index (χ0) is 25.1. The van der Waals surface area contributed by atoms with Crippen LogP contribution in [0.5, 0.6) is 0 Å². The number of likely N-dealkylation sites (tertiary alicyclic amines) is 1. The van der Waals surface area contributed by atoms with Crippen LogP contribution in [-0.4, -0.2) is 75.5 Å². The number of pyridine rings is 1. The van der Waals surface area contributed by atoms with Gasteiger partial charge in [0.2, 0.25) is 5.91 Å². The van der Waals surface area contributed by atoms with Crippen molar-refractivity contribution in [2.45, 2.75) is 51.7 Å². The molecule has 2 saturated heterocycles. The average Bonchev–Trinajstić information content (AvgIpc) is 3.55. The van der Waals surface area contributed by atoms with Crippen LogP contribution in [0.1, 0.15) is 52.9 Å². The first-order chi connectivity index (χ1) is 17.5. The van der Waals surface area contributed by atoms with Crippen molar-refractivity contribution in [2.24, 2.45) is 0 Å². The number of carbonyl (C=O) groups is 2. The fourth-order valence-corrected chi connectivity index (χ4v) is 5.76. The third-order valence-corrected chi connectivity index (χ3v) is 7.81. The Balaban J connectivity index is 1.45. The van der Waals surface area contributed by atoms with Gasteiger partial charge in [0.1, 0.15) is 10.7 Å². The third-order valence-electron chi connectivity index (χ3n) is 7.04. The summed E-state index contributed by atoms with van der Waals surface area (Å²) in [6.45, 7) is 5.83. The Labute approximate surface area is 215 Å². The van der Waals surface area contributed by atoms with Gasteiger partial charge in [-0.25, -0.2) is 4.98 Å². The number of β-amino-alcohol motifs (C(OH)–C–C–N with tert-alkyl or cyclic N) is 1. The summed E-state index contributed by atoms with van der Waals surface area (Å²) in [5.41, 5.74) is 4.71. The van der Waals surface area contributed by atoms with Crippen molar-refractivity contribution in [1.82, 2.24) is 19.8 Å². The van der Waals surface area contributed by atoms with Crippen LogP contribution in [0.3, 0.4) is 0 Å². The molecule has 9 heteroatoms. The number of nitrogens with zero attached hydrogens (tertiary/aromatic N) is 5. The van der Waals surface area contributed by atoms with Gasteiger partial charge in [-0.1, -0.05) is 12.1 Å². The number of amides is 2. The van der Waals surface area contributed by atoms with E-state index in [4.69, 9.17) is 4.98 Å². The number of thiazole rings is 1. The van der Waals surface area contributed by atoms with E-state index in [1.54, 1.807) is 11.7 Å². The second-order valence-electron chi connectivity index (χ2n) is 9.84. The molecule has 2 aromatic heterocycles. The number of hydrogen-bond acceptors (Lipinski definition) is 7. The normalized spacial score (nSPS) is 18.3. The lowest BCUT2D eigenvalue weighted by molar-refractivity contribution is -0.127. The number of hydrogen-bond donors (Lipinski definition) is 1. The topological polar surface area (TPSA) is 89.9 Å². The molecule has 2 fully saturated rings. The highest BCUT2D eigenvalue weighted by molar-refractivity contribution is 7.11. The number of aliphatic hydroxyl groups is 1. The van der Waals surface area contributed by atoms with Crippen molar-refractivity contribution in [1.29, 1.82) is 0 Å². The predicted molar refractivity (Wildman–Crippen MR) is 141 cm³/mol. The lowest BCUT2D eigenvalue weighted by atomic mass is 10.1. The van der Waals surface area contributed by atoms with Crippen molar-refractivity contribution in [3.05, 3.63) is 52.0 Å². The number of anilines is 1. The Kier molecular flexibility index (Phi) is 7.48. The molecule has 8 nitrogen and oxygen atoms in total.